The second-order valence-corrected chi connectivity index (χ2v) is 10.1. The third-order valence-electron chi connectivity index (χ3n) is 6.85. The van der Waals surface area contributed by atoms with Gasteiger partial charge in [-0.25, -0.2) is 0 Å². The molecule has 0 amide bonds. The van der Waals surface area contributed by atoms with Crippen LogP contribution in [0.25, 0.3) is 11.3 Å². The van der Waals surface area contributed by atoms with Crippen LogP contribution in [0.4, 0.5) is 0 Å². The number of benzene rings is 1. The summed E-state index contributed by atoms with van der Waals surface area (Å²) in [6.07, 6.45) is 5.05. The molecule has 0 bridgehead atoms. The molecule has 0 radical (unpaired) electrons. The van der Waals surface area contributed by atoms with Crippen LogP contribution in [0.3, 0.4) is 0 Å². The zero-order chi connectivity index (χ0) is 22.9. The number of aromatic nitrogens is 1. The molecule has 0 N–H and O–H groups in total. The molecule has 5 rings (SSSR count). The second-order valence-electron chi connectivity index (χ2n) is 9.69. The van der Waals surface area contributed by atoms with Gasteiger partial charge in [0, 0.05) is 29.9 Å². The molecule has 1 unspecified atom stereocenters. The topological polar surface area (TPSA) is 53.7 Å². The Kier molecular flexibility index (Phi) is 7.02. The van der Waals surface area contributed by atoms with Gasteiger partial charge in [-0.15, -0.1) is 0 Å². The van der Waals surface area contributed by atoms with Gasteiger partial charge in [0.05, 0.1) is 30.9 Å². The zero-order valence-corrected chi connectivity index (χ0v) is 20.8. The summed E-state index contributed by atoms with van der Waals surface area (Å²) in [5.41, 5.74) is 3.88. The molecule has 32 heavy (non-hydrogen) atoms. The SMILES string of the molecule is CC.Cc1cccc(Cl)c1-c1noc(C2CC2)c1COC1CCC2(CC1(C)C)OCCO2. The molecule has 1 aromatic carbocycles. The maximum atomic E-state index is 6.55. The molecule has 2 aliphatic carbocycles. The monoisotopic (exact) mass is 461 g/mol. The second kappa shape index (κ2) is 9.46. The van der Waals surface area contributed by atoms with Crippen molar-refractivity contribution in [2.75, 3.05) is 13.2 Å². The van der Waals surface area contributed by atoms with Crippen molar-refractivity contribution in [1.82, 2.24) is 5.16 Å². The van der Waals surface area contributed by atoms with Crippen LogP contribution in [0, 0.1) is 12.3 Å². The summed E-state index contributed by atoms with van der Waals surface area (Å²) in [5, 5.41) is 5.14. The summed E-state index contributed by atoms with van der Waals surface area (Å²) in [6.45, 7) is 12.4. The first-order valence-electron chi connectivity index (χ1n) is 12.0. The smallest absolute Gasteiger partial charge is 0.169 e. The lowest BCUT2D eigenvalue weighted by Crippen LogP contribution is -2.48. The van der Waals surface area contributed by atoms with Crippen molar-refractivity contribution in [2.24, 2.45) is 5.41 Å². The Balaban J connectivity index is 0.00000119. The molecule has 1 aliphatic heterocycles. The van der Waals surface area contributed by atoms with E-state index in [0.29, 0.717) is 30.8 Å². The lowest BCUT2D eigenvalue weighted by Gasteiger charge is -2.46. The molecule has 6 heteroatoms. The van der Waals surface area contributed by atoms with Crippen molar-refractivity contribution in [3.05, 3.63) is 40.1 Å². The number of nitrogens with zero attached hydrogens (tertiary/aromatic N) is 1. The molecule has 1 atom stereocenters. The first-order chi connectivity index (χ1) is 15.4. The van der Waals surface area contributed by atoms with Gasteiger partial charge in [0.1, 0.15) is 11.5 Å². The highest BCUT2D eigenvalue weighted by atomic mass is 35.5. The third kappa shape index (κ3) is 4.63. The molecular formula is C26H36ClNO4. The average Bonchev–Trinajstić information content (AvgIpc) is 3.38. The largest absolute Gasteiger partial charge is 0.373 e. The Bertz CT molecular complexity index is 908. The summed E-state index contributed by atoms with van der Waals surface area (Å²) in [4.78, 5) is 0. The van der Waals surface area contributed by atoms with Gasteiger partial charge >= 0.3 is 0 Å². The van der Waals surface area contributed by atoms with Gasteiger partial charge in [-0.3, -0.25) is 0 Å². The summed E-state index contributed by atoms with van der Waals surface area (Å²) >= 11 is 6.55. The van der Waals surface area contributed by atoms with Gasteiger partial charge in [-0.1, -0.05) is 56.6 Å². The van der Waals surface area contributed by atoms with Crippen LogP contribution in [0.5, 0.6) is 0 Å². The van der Waals surface area contributed by atoms with E-state index in [0.717, 1.165) is 60.2 Å². The molecule has 2 saturated carbocycles. The van der Waals surface area contributed by atoms with Crippen LogP contribution in [-0.4, -0.2) is 30.3 Å². The molecule has 3 aliphatic rings. The summed E-state index contributed by atoms with van der Waals surface area (Å²) in [6, 6.07) is 5.93. The third-order valence-corrected chi connectivity index (χ3v) is 7.17. The Labute approximate surface area is 196 Å². The van der Waals surface area contributed by atoms with Crippen LogP contribution >= 0.6 is 11.6 Å². The van der Waals surface area contributed by atoms with Gasteiger partial charge in [0.25, 0.3) is 0 Å². The van der Waals surface area contributed by atoms with Gasteiger partial charge in [0.2, 0.25) is 0 Å². The van der Waals surface area contributed by atoms with E-state index in [9.17, 15) is 0 Å². The van der Waals surface area contributed by atoms with E-state index >= 15 is 0 Å². The number of halogens is 1. The number of hydrogen-bond acceptors (Lipinski definition) is 5. The lowest BCUT2D eigenvalue weighted by molar-refractivity contribution is -0.225. The fourth-order valence-electron chi connectivity index (χ4n) is 5.13. The Hall–Kier alpha value is -1.40. The van der Waals surface area contributed by atoms with E-state index in [2.05, 4.69) is 32.0 Å². The van der Waals surface area contributed by atoms with Gasteiger partial charge in [-0.2, -0.15) is 0 Å². The van der Waals surface area contributed by atoms with E-state index in [1.165, 1.54) is 0 Å². The molecule has 2 aromatic rings. The summed E-state index contributed by atoms with van der Waals surface area (Å²) in [7, 11) is 0. The normalized spacial score (nSPS) is 23.8. The quantitative estimate of drug-likeness (QED) is 0.477. The molecule has 1 saturated heterocycles. The van der Waals surface area contributed by atoms with Crippen molar-refractivity contribution in [1.29, 1.82) is 0 Å². The maximum absolute atomic E-state index is 6.55. The number of aryl methyl sites for hydroxylation is 1. The van der Waals surface area contributed by atoms with Gasteiger partial charge in [-0.05, 0) is 43.2 Å². The Morgan fingerprint density at radius 2 is 1.84 bits per heavy atom. The zero-order valence-electron chi connectivity index (χ0n) is 20.0. The predicted octanol–water partition coefficient (Wildman–Crippen LogP) is 7.05. The predicted molar refractivity (Wildman–Crippen MR) is 126 cm³/mol. The van der Waals surface area contributed by atoms with E-state index < -0.39 is 5.79 Å². The maximum Gasteiger partial charge on any atom is 0.169 e. The van der Waals surface area contributed by atoms with Gasteiger partial charge < -0.3 is 18.7 Å². The van der Waals surface area contributed by atoms with Gasteiger partial charge in [0.15, 0.2) is 5.79 Å². The molecule has 2 heterocycles. The van der Waals surface area contributed by atoms with E-state index in [1.807, 2.05) is 26.0 Å². The van der Waals surface area contributed by atoms with Crippen LogP contribution in [0.1, 0.15) is 82.6 Å². The fraction of sp³-hybridized carbons (Fsp3) is 0.654. The average molecular weight is 462 g/mol. The van der Waals surface area contributed by atoms with Crippen molar-refractivity contribution < 1.29 is 18.7 Å². The Morgan fingerprint density at radius 1 is 1.12 bits per heavy atom. The fourth-order valence-corrected chi connectivity index (χ4v) is 5.44. The highest BCUT2D eigenvalue weighted by Gasteiger charge is 2.49. The number of rotatable bonds is 5. The molecular weight excluding hydrogens is 426 g/mol. The minimum absolute atomic E-state index is 0.0417. The Morgan fingerprint density at radius 3 is 2.47 bits per heavy atom. The van der Waals surface area contributed by atoms with E-state index in [4.69, 9.17) is 30.3 Å². The first kappa shape index (κ1) is 23.7. The standard InChI is InChI=1S/C24H30ClNO4.C2H6/c1-15-5-4-6-18(25)20(15)21-17(22(30-26-21)16-7-8-16)13-27-19-9-10-24(14-23(19,2)3)28-11-12-29-24;1-2/h4-6,16,19H,7-14H2,1-3H3;1-2H3. The van der Waals surface area contributed by atoms with Crippen molar-refractivity contribution in [2.45, 2.75) is 91.1 Å². The van der Waals surface area contributed by atoms with Crippen LogP contribution in [0.15, 0.2) is 22.7 Å². The van der Waals surface area contributed by atoms with Crippen LogP contribution in [0.2, 0.25) is 5.02 Å². The molecule has 1 spiro atoms. The first-order valence-corrected chi connectivity index (χ1v) is 12.4. The van der Waals surface area contributed by atoms with Crippen LogP contribution < -0.4 is 0 Å². The van der Waals surface area contributed by atoms with Crippen molar-refractivity contribution >= 4 is 11.6 Å². The van der Waals surface area contributed by atoms with Crippen LogP contribution in [-0.2, 0) is 20.8 Å². The van der Waals surface area contributed by atoms with Crippen molar-refractivity contribution in [3.63, 3.8) is 0 Å². The highest BCUT2D eigenvalue weighted by molar-refractivity contribution is 6.33. The minimum atomic E-state index is -0.417. The summed E-state index contributed by atoms with van der Waals surface area (Å²) in [5.74, 6) is 1.01. The highest BCUT2D eigenvalue weighted by Crippen LogP contribution is 2.48. The lowest BCUT2D eigenvalue weighted by atomic mass is 9.72. The number of ether oxygens (including phenoxy) is 3. The molecule has 176 valence electrons. The molecule has 3 fully saturated rings. The van der Waals surface area contributed by atoms with E-state index in [-0.39, 0.29) is 11.5 Å². The summed E-state index contributed by atoms with van der Waals surface area (Å²) < 4.78 is 24.3. The molecule has 5 nitrogen and oxygen atoms in total. The molecule has 1 aromatic heterocycles. The van der Waals surface area contributed by atoms with E-state index in [1.54, 1.807) is 0 Å². The minimum Gasteiger partial charge on any atom is -0.373 e. The van der Waals surface area contributed by atoms with Crippen molar-refractivity contribution in [3.8, 4) is 11.3 Å². The number of hydrogen-bond donors (Lipinski definition) is 0.